The first-order chi connectivity index (χ1) is 9.01. The van der Waals surface area contributed by atoms with E-state index in [2.05, 4.69) is 5.32 Å². The lowest BCUT2D eigenvalue weighted by molar-refractivity contribution is -0.129. The largest absolute Gasteiger partial charge is 0.381 e. The molecule has 6 heteroatoms. The second-order valence-corrected chi connectivity index (χ2v) is 5.03. The Kier molecular flexibility index (Phi) is 5.92. The van der Waals surface area contributed by atoms with Crippen LogP contribution in [0.1, 0.15) is 24.0 Å². The number of halogens is 2. The third-order valence-corrected chi connectivity index (χ3v) is 3.53. The van der Waals surface area contributed by atoms with Crippen LogP contribution in [0.15, 0.2) is 18.2 Å². The number of hydrogen-bond donors (Lipinski definition) is 2. The van der Waals surface area contributed by atoms with Gasteiger partial charge in [-0.25, -0.2) is 4.39 Å². The third kappa shape index (κ3) is 3.91. The van der Waals surface area contributed by atoms with Crippen molar-refractivity contribution >= 4 is 18.3 Å². The zero-order valence-electron chi connectivity index (χ0n) is 11.4. The van der Waals surface area contributed by atoms with E-state index in [1.165, 1.54) is 6.07 Å². The number of hydrogen-bond acceptors (Lipinski definition) is 3. The topological polar surface area (TPSA) is 64.4 Å². The summed E-state index contributed by atoms with van der Waals surface area (Å²) in [6.07, 6.45) is 1.03. The van der Waals surface area contributed by atoms with Crippen molar-refractivity contribution in [2.45, 2.75) is 31.8 Å². The highest BCUT2D eigenvalue weighted by Gasteiger charge is 2.35. The van der Waals surface area contributed by atoms with Crippen LogP contribution in [0.25, 0.3) is 0 Å². The zero-order valence-corrected chi connectivity index (χ0v) is 12.3. The molecule has 1 aliphatic rings. The highest BCUT2D eigenvalue weighted by atomic mass is 35.5. The van der Waals surface area contributed by atoms with Gasteiger partial charge in [0.2, 0.25) is 5.91 Å². The summed E-state index contributed by atoms with van der Waals surface area (Å²) in [7, 11) is 0. The van der Waals surface area contributed by atoms with Crippen LogP contribution in [-0.2, 0) is 16.1 Å². The average molecular weight is 303 g/mol. The van der Waals surface area contributed by atoms with Crippen molar-refractivity contribution < 1.29 is 13.9 Å². The highest BCUT2D eigenvalue weighted by Crippen LogP contribution is 2.18. The normalized spacial score (nSPS) is 17.1. The molecule has 4 nitrogen and oxygen atoms in total. The molecular weight excluding hydrogens is 283 g/mol. The van der Waals surface area contributed by atoms with Crippen LogP contribution in [0.3, 0.4) is 0 Å². The molecule has 0 bridgehead atoms. The van der Waals surface area contributed by atoms with E-state index in [9.17, 15) is 9.18 Å². The van der Waals surface area contributed by atoms with E-state index in [-0.39, 0.29) is 30.7 Å². The monoisotopic (exact) mass is 302 g/mol. The minimum absolute atomic E-state index is 0. The highest BCUT2D eigenvalue weighted by molar-refractivity contribution is 5.86. The summed E-state index contributed by atoms with van der Waals surface area (Å²) in [6, 6.07) is 4.93. The standard InChI is InChI=1S/C14H19FN2O2.ClH/c1-10-2-3-11(8-12(10)15)9-17-13(18)14(16)4-6-19-7-5-14;/h2-3,8H,4-7,9,16H2,1H3,(H,17,18);1H. The predicted molar refractivity (Wildman–Crippen MR) is 77.2 cm³/mol. The van der Waals surface area contributed by atoms with Gasteiger partial charge in [-0.1, -0.05) is 12.1 Å². The zero-order chi connectivity index (χ0) is 13.9. The van der Waals surface area contributed by atoms with Gasteiger partial charge in [-0.2, -0.15) is 0 Å². The summed E-state index contributed by atoms with van der Waals surface area (Å²) < 4.78 is 18.6. The molecule has 1 aliphatic heterocycles. The Hall–Kier alpha value is -1.17. The number of rotatable bonds is 3. The third-order valence-electron chi connectivity index (χ3n) is 3.53. The fraction of sp³-hybridized carbons (Fsp3) is 0.500. The lowest BCUT2D eigenvalue weighted by Gasteiger charge is -2.31. The van der Waals surface area contributed by atoms with Crippen molar-refractivity contribution in [3.8, 4) is 0 Å². The van der Waals surface area contributed by atoms with Gasteiger partial charge < -0.3 is 15.8 Å². The van der Waals surface area contributed by atoms with Crippen LogP contribution >= 0.6 is 12.4 Å². The van der Waals surface area contributed by atoms with Crippen molar-refractivity contribution in [1.29, 1.82) is 0 Å². The first kappa shape index (κ1) is 16.9. The SMILES string of the molecule is Cc1ccc(CNC(=O)C2(N)CCOCC2)cc1F.Cl. The van der Waals surface area contributed by atoms with Gasteiger partial charge in [0.25, 0.3) is 0 Å². The molecule has 0 atom stereocenters. The lowest BCUT2D eigenvalue weighted by atomic mass is 9.90. The molecule has 3 N–H and O–H groups in total. The number of benzene rings is 1. The smallest absolute Gasteiger partial charge is 0.240 e. The van der Waals surface area contributed by atoms with Gasteiger partial charge in [0.1, 0.15) is 5.82 Å². The summed E-state index contributed by atoms with van der Waals surface area (Å²) >= 11 is 0. The van der Waals surface area contributed by atoms with Crippen LogP contribution in [-0.4, -0.2) is 24.7 Å². The van der Waals surface area contributed by atoms with Gasteiger partial charge in [-0.15, -0.1) is 12.4 Å². The number of carbonyl (C=O) groups excluding carboxylic acids is 1. The molecule has 1 heterocycles. The summed E-state index contributed by atoms with van der Waals surface area (Å²) in [4.78, 5) is 12.1. The van der Waals surface area contributed by atoms with Crippen LogP contribution < -0.4 is 11.1 Å². The maximum absolute atomic E-state index is 13.4. The molecule has 0 saturated carbocycles. The van der Waals surface area contributed by atoms with Gasteiger partial charge in [0.15, 0.2) is 0 Å². The number of amides is 1. The van der Waals surface area contributed by atoms with Gasteiger partial charge in [-0.3, -0.25) is 4.79 Å². The van der Waals surface area contributed by atoms with Gasteiger partial charge in [0, 0.05) is 19.8 Å². The van der Waals surface area contributed by atoms with Crippen molar-refractivity contribution in [1.82, 2.24) is 5.32 Å². The second kappa shape index (κ2) is 7.02. The molecule has 1 amide bonds. The summed E-state index contributed by atoms with van der Waals surface area (Å²) in [5, 5.41) is 2.77. The summed E-state index contributed by atoms with van der Waals surface area (Å²) in [5.74, 6) is -0.461. The number of carbonyl (C=O) groups is 1. The number of ether oxygens (including phenoxy) is 1. The van der Waals surface area contributed by atoms with E-state index in [1.54, 1.807) is 19.1 Å². The molecule has 1 aromatic rings. The maximum Gasteiger partial charge on any atom is 0.240 e. The predicted octanol–water partition coefficient (Wildman–Crippen LogP) is 1.68. The van der Waals surface area contributed by atoms with Crippen LogP contribution in [0.5, 0.6) is 0 Å². The fourth-order valence-corrected chi connectivity index (χ4v) is 2.07. The average Bonchev–Trinajstić information content (AvgIpc) is 2.40. The van der Waals surface area contributed by atoms with E-state index >= 15 is 0 Å². The van der Waals surface area contributed by atoms with Crippen molar-refractivity contribution in [2.24, 2.45) is 5.73 Å². The number of nitrogens with one attached hydrogen (secondary N) is 1. The Balaban J connectivity index is 0.00000200. The second-order valence-electron chi connectivity index (χ2n) is 5.03. The molecule has 0 spiro atoms. The first-order valence-corrected chi connectivity index (χ1v) is 6.41. The summed E-state index contributed by atoms with van der Waals surface area (Å²) in [6.45, 7) is 3.00. The molecule has 1 saturated heterocycles. The van der Waals surface area contributed by atoms with Gasteiger partial charge >= 0.3 is 0 Å². The molecule has 0 unspecified atom stereocenters. The Bertz CT molecular complexity index is 476. The molecule has 0 aromatic heterocycles. The Morgan fingerprint density at radius 1 is 1.45 bits per heavy atom. The molecule has 0 aliphatic carbocycles. The van der Waals surface area contributed by atoms with Crippen LogP contribution in [0.4, 0.5) is 4.39 Å². The van der Waals surface area contributed by atoms with Crippen molar-refractivity contribution in [3.05, 3.63) is 35.1 Å². The fourth-order valence-electron chi connectivity index (χ4n) is 2.07. The van der Waals surface area contributed by atoms with E-state index in [4.69, 9.17) is 10.5 Å². The molecule has 1 fully saturated rings. The van der Waals surface area contributed by atoms with Crippen molar-refractivity contribution in [2.75, 3.05) is 13.2 Å². The number of aryl methyl sites for hydroxylation is 1. The van der Waals surface area contributed by atoms with E-state index in [1.807, 2.05) is 0 Å². The molecule has 1 aromatic carbocycles. The van der Waals surface area contributed by atoms with Crippen LogP contribution in [0.2, 0.25) is 0 Å². The molecular formula is C14H20ClFN2O2. The quantitative estimate of drug-likeness (QED) is 0.893. The van der Waals surface area contributed by atoms with E-state index in [0.717, 1.165) is 5.56 Å². The molecule has 0 radical (unpaired) electrons. The minimum Gasteiger partial charge on any atom is -0.381 e. The van der Waals surface area contributed by atoms with Gasteiger partial charge in [0.05, 0.1) is 5.54 Å². The van der Waals surface area contributed by atoms with E-state index in [0.29, 0.717) is 31.6 Å². The van der Waals surface area contributed by atoms with E-state index < -0.39 is 5.54 Å². The number of nitrogens with two attached hydrogens (primary N) is 1. The first-order valence-electron chi connectivity index (χ1n) is 6.41. The molecule has 112 valence electrons. The Morgan fingerprint density at radius 3 is 2.70 bits per heavy atom. The summed E-state index contributed by atoms with van der Waals surface area (Å²) in [5.41, 5.74) is 6.52. The minimum atomic E-state index is -0.860. The lowest BCUT2D eigenvalue weighted by Crippen LogP contribution is -2.56. The Morgan fingerprint density at radius 2 is 2.10 bits per heavy atom. The van der Waals surface area contributed by atoms with Gasteiger partial charge in [-0.05, 0) is 37.0 Å². The molecule has 20 heavy (non-hydrogen) atoms. The Labute approximate surface area is 124 Å². The molecule has 2 rings (SSSR count). The maximum atomic E-state index is 13.4. The van der Waals surface area contributed by atoms with Crippen LogP contribution in [0, 0.1) is 12.7 Å². The van der Waals surface area contributed by atoms with Crippen molar-refractivity contribution in [3.63, 3.8) is 0 Å².